The molecule has 0 radical (unpaired) electrons. The normalized spacial score (nSPS) is 18.0. The molecule has 0 aromatic heterocycles. The summed E-state index contributed by atoms with van der Waals surface area (Å²) in [7, 11) is 0. The van der Waals surface area contributed by atoms with E-state index >= 15 is 0 Å². The SMILES string of the molecule is CCCCCCCC/C=C\CCCCCCCC[N+]1(C(C)O)CCN=C1CCCCCCCCCCCC.[Cl-]. The molecule has 1 aliphatic heterocycles. The van der Waals surface area contributed by atoms with Crippen LogP contribution < -0.4 is 12.4 Å². The van der Waals surface area contributed by atoms with Crippen LogP contribution in [0.4, 0.5) is 0 Å². The first-order chi connectivity index (χ1) is 18.7. The van der Waals surface area contributed by atoms with Gasteiger partial charge in [-0.1, -0.05) is 135 Å². The summed E-state index contributed by atoms with van der Waals surface area (Å²) in [5.74, 6) is 1.30. The van der Waals surface area contributed by atoms with E-state index in [9.17, 15) is 5.11 Å². The predicted octanol–water partition coefficient (Wildman–Crippen LogP) is 7.91. The van der Waals surface area contributed by atoms with Crippen molar-refractivity contribution in [1.29, 1.82) is 0 Å². The number of aliphatic imine (C=N–C) groups is 1. The average molecular weight is 569 g/mol. The summed E-state index contributed by atoms with van der Waals surface area (Å²) in [5.41, 5.74) is 0. The van der Waals surface area contributed by atoms with E-state index in [4.69, 9.17) is 4.99 Å². The third kappa shape index (κ3) is 19.4. The monoisotopic (exact) mass is 569 g/mol. The molecule has 1 heterocycles. The molecule has 0 aromatic carbocycles. The minimum atomic E-state index is -0.317. The van der Waals surface area contributed by atoms with Crippen LogP contribution >= 0.6 is 0 Å². The molecule has 39 heavy (non-hydrogen) atoms. The van der Waals surface area contributed by atoms with E-state index in [-0.39, 0.29) is 18.6 Å². The van der Waals surface area contributed by atoms with E-state index < -0.39 is 0 Å². The molecule has 1 N–H and O–H groups in total. The van der Waals surface area contributed by atoms with E-state index in [2.05, 4.69) is 26.0 Å². The molecule has 232 valence electrons. The Morgan fingerprint density at radius 2 is 1.05 bits per heavy atom. The van der Waals surface area contributed by atoms with Gasteiger partial charge in [-0.05, 0) is 44.9 Å². The van der Waals surface area contributed by atoms with Crippen molar-refractivity contribution in [2.45, 2.75) is 188 Å². The topological polar surface area (TPSA) is 32.6 Å². The highest BCUT2D eigenvalue weighted by Gasteiger charge is 2.41. The van der Waals surface area contributed by atoms with Crippen molar-refractivity contribution in [3.8, 4) is 0 Å². The van der Waals surface area contributed by atoms with Crippen molar-refractivity contribution in [3.05, 3.63) is 12.2 Å². The van der Waals surface area contributed by atoms with Gasteiger partial charge in [0.1, 0.15) is 6.54 Å². The van der Waals surface area contributed by atoms with Crippen LogP contribution in [0.2, 0.25) is 0 Å². The van der Waals surface area contributed by atoms with Gasteiger partial charge < -0.3 is 17.5 Å². The molecule has 0 saturated carbocycles. The molecule has 1 rings (SSSR count). The molecule has 3 nitrogen and oxygen atoms in total. The summed E-state index contributed by atoms with van der Waals surface area (Å²) in [4.78, 5) is 4.90. The Morgan fingerprint density at radius 3 is 1.51 bits per heavy atom. The van der Waals surface area contributed by atoms with E-state index in [1.54, 1.807) is 0 Å². The molecule has 2 unspecified atom stereocenters. The van der Waals surface area contributed by atoms with Crippen molar-refractivity contribution >= 4 is 5.84 Å². The fraction of sp³-hybridized carbons (Fsp3) is 0.914. The molecule has 0 fully saturated rings. The quantitative estimate of drug-likeness (QED) is 0.0580. The van der Waals surface area contributed by atoms with Gasteiger partial charge in [0, 0.05) is 13.3 Å². The second kappa shape index (κ2) is 27.8. The number of amidine groups is 1. The maximum atomic E-state index is 10.7. The number of hydrogen-bond acceptors (Lipinski definition) is 2. The molecule has 0 bridgehead atoms. The highest BCUT2D eigenvalue weighted by molar-refractivity contribution is 5.76. The third-order valence-electron chi connectivity index (χ3n) is 8.85. The molecular formula is C35H69ClN2O. The number of unbranched alkanes of at least 4 members (excludes halogenated alkanes) is 21. The van der Waals surface area contributed by atoms with E-state index in [0.29, 0.717) is 0 Å². The van der Waals surface area contributed by atoms with Crippen LogP contribution in [0.5, 0.6) is 0 Å². The number of nitrogens with zero attached hydrogens (tertiary/aromatic N) is 2. The summed E-state index contributed by atoms with van der Waals surface area (Å²) >= 11 is 0. The van der Waals surface area contributed by atoms with Crippen molar-refractivity contribution in [3.63, 3.8) is 0 Å². The standard InChI is InChI=1S/C35H69N2O.ClH/c1-4-6-8-10-12-14-16-17-18-19-20-21-23-25-27-29-32-37(34(3)38)33-31-36-35(37)30-28-26-24-22-15-13-11-9-7-5-2;/h17-18,34,38H,4-16,19-33H2,1-3H3;1H/q+1;/p-1/b18-17-;. The molecule has 4 heteroatoms. The Labute approximate surface area is 251 Å². The van der Waals surface area contributed by atoms with Gasteiger partial charge in [0.15, 0.2) is 6.23 Å². The van der Waals surface area contributed by atoms with Crippen LogP contribution in [0.25, 0.3) is 0 Å². The van der Waals surface area contributed by atoms with Crippen molar-refractivity contribution in [2.24, 2.45) is 4.99 Å². The van der Waals surface area contributed by atoms with Gasteiger partial charge in [0.25, 0.3) is 0 Å². The molecule has 0 aliphatic carbocycles. The van der Waals surface area contributed by atoms with Gasteiger partial charge in [0.05, 0.1) is 13.1 Å². The zero-order valence-electron chi connectivity index (χ0n) is 26.8. The number of aliphatic hydroxyl groups excluding tert-OH is 1. The molecular weight excluding hydrogens is 500 g/mol. The van der Waals surface area contributed by atoms with Gasteiger partial charge in [-0.2, -0.15) is 0 Å². The minimum Gasteiger partial charge on any atom is -1.00 e. The van der Waals surface area contributed by atoms with E-state index in [0.717, 1.165) is 30.5 Å². The number of rotatable bonds is 28. The fourth-order valence-corrected chi connectivity index (χ4v) is 6.17. The first kappa shape index (κ1) is 38.6. The highest BCUT2D eigenvalue weighted by Crippen LogP contribution is 2.25. The van der Waals surface area contributed by atoms with E-state index in [1.807, 2.05) is 6.92 Å². The smallest absolute Gasteiger partial charge is 0.200 e. The lowest BCUT2D eigenvalue weighted by atomic mass is 10.0. The Hall–Kier alpha value is -0.380. The van der Waals surface area contributed by atoms with Gasteiger partial charge in [0.2, 0.25) is 5.84 Å². The Morgan fingerprint density at radius 1 is 0.641 bits per heavy atom. The summed E-state index contributed by atoms with van der Waals surface area (Å²) < 4.78 is 0.765. The maximum Gasteiger partial charge on any atom is 0.200 e. The second-order valence-corrected chi connectivity index (χ2v) is 12.3. The lowest BCUT2D eigenvalue weighted by molar-refractivity contribution is -0.884. The first-order valence-electron chi connectivity index (χ1n) is 17.4. The van der Waals surface area contributed by atoms with Gasteiger partial charge in [-0.25, -0.2) is 4.99 Å². The number of hydrogen-bond donors (Lipinski definition) is 1. The zero-order chi connectivity index (χ0) is 27.6. The van der Waals surface area contributed by atoms with Crippen LogP contribution in [-0.2, 0) is 0 Å². The van der Waals surface area contributed by atoms with Crippen LogP contribution in [0.1, 0.15) is 181 Å². The third-order valence-corrected chi connectivity index (χ3v) is 8.85. The van der Waals surface area contributed by atoms with Gasteiger partial charge in [-0.3, -0.25) is 4.48 Å². The molecule has 0 spiro atoms. The molecule has 1 aliphatic rings. The lowest BCUT2D eigenvalue weighted by Gasteiger charge is -2.37. The predicted molar refractivity (Wildman–Crippen MR) is 170 cm³/mol. The second-order valence-electron chi connectivity index (χ2n) is 12.3. The molecule has 0 aromatic rings. The molecule has 0 amide bonds. The Balaban J connectivity index is 0.0000144. The summed E-state index contributed by atoms with van der Waals surface area (Å²) in [6, 6.07) is 0. The van der Waals surface area contributed by atoms with Crippen LogP contribution in [0.15, 0.2) is 17.1 Å². The summed E-state index contributed by atoms with van der Waals surface area (Å²) in [6.07, 6.45) is 38.2. The summed E-state index contributed by atoms with van der Waals surface area (Å²) in [6.45, 7) is 9.57. The fourth-order valence-electron chi connectivity index (χ4n) is 6.17. The van der Waals surface area contributed by atoms with Crippen molar-refractivity contribution in [2.75, 3.05) is 19.6 Å². The van der Waals surface area contributed by atoms with E-state index in [1.165, 1.54) is 160 Å². The van der Waals surface area contributed by atoms with Crippen LogP contribution in [-0.4, -0.2) is 41.3 Å². The largest absolute Gasteiger partial charge is 1.00 e. The van der Waals surface area contributed by atoms with Crippen LogP contribution in [0.3, 0.4) is 0 Å². The van der Waals surface area contributed by atoms with Gasteiger partial charge in [-0.15, -0.1) is 0 Å². The number of halogens is 1. The van der Waals surface area contributed by atoms with Crippen LogP contribution in [0, 0.1) is 0 Å². The first-order valence-corrected chi connectivity index (χ1v) is 17.4. The number of aliphatic hydroxyl groups is 1. The average Bonchev–Trinajstić information content (AvgIpc) is 3.33. The lowest BCUT2D eigenvalue weighted by Crippen LogP contribution is -3.00. The molecule has 0 saturated heterocycles. The Bertz CT molecular complexity index is 577. The molecule has 2 atom stereocenters. The number of allylic oxidation sites excluding steroid dienone is 2. The summed E-state index contributed by atoms with van der Waals surface area (Å²) in [5, 5.41) is 10.7. The minimum absolute atomic E-state index is 0. The maximum absolute atomic E-state index is 10.7. The van der Waals surface area contributed by atoms with Crippen molar-refractivity contribution in [1.82, 2.24) is 0 Å². The zero-order valence-corrected chi connectivity index (χ0v) is 27.5. The highest BCUT2D eigenvalue weighted by atomic mass is 35.5. The number of quaternary nitrogens is 1. The van der Waals surface area contributed by atoms with Crippen molar-refractivity contribution < 1.29 is 22.0 Å². The Kier molecular flexibility index (Phi) is 27.5. The van der Waals surface area contributed by atoms with Gasteiger partial charge >= 0.3 is 0 Å².